The van der Waals surface area contributed by atoms with E-state index in [0.29, 0.717) is 25.4 Å². The van der Waals surface area contributed by atoms with Crippen LogP contribution in [0.4, 0.5) is 10.5 Å². The molecule has 2 amide bonds. The van der Waals surface area contributed by atoms with Gasteiger partial charge >= 0.3 is 12.0 Å². The van der Waals surface area contributed by atoms with Gasteiger partial charge in [-0.25, -0.2) is 4.79 Å². The number of aliphatic carboxylic acids is 1. The van der Waals surface area contributed by atoms with Crippen LogP contribution in [0.5, 0.6) is 0 Å². The van der Waals surface area contributed by atoms with Crippen molar-refractivity contribution in [2.45, 2.75) is 26.7 Å². The second kappa shape index (κ2) is 8.19. The van der Waals surface area contributed by atoms with Gasteiger partial charge in [-0.1, -0.05) is 32.0 Å². The quantitative estimate of drug-likeness (QED) is 0.805. The van der Waals surface area contributed by atoms with Crippen LogP contribution in [0, 0.1) is 5.92 Å². The van der Waals surface area contributed by atoms with Gasteiger partial charge in [-0.15, -0.1) is 0 Å². The van der Waals surface area contributed by atoms with Crippen LogP contribution in [0.1, 0.15) is 26.7 Å². The largest absolute Gasteiger partial charge is 0.481 e. The zero-order valence-corrected chi connectivity index (χ0v) is 12.0. The number of urea groups is 1. The van der Waals surface area contributed by atoms with Crippen molar-refractivity contribution >= 4 is 17.7 Å². The molecule has 0 aromatic heterocycles. The monoisotopic (exact) mass is 278 g/mol. The number of para-hydroxylation sites is 1. The first-order chi connectivity index (χ1) is 9.50. The Balaban J connectivity index is 2.68. The van der Waals surface area contributed by atoms with E-state index in [1.54, 1.807) is 4.90 Å². The van der Waals surface area contributed by atoms with E-state index in [1.165, 1.54) is 0 Å². The number of hydrogen-bond acceptors (Lipinski definition) is 2. The zero-order valence-electron chi connectivity index (χ0n) is 12.0. The minimum absolute atomic E-state index is 0.0563. The molecule has 0 aliphatic carbocycles. The molecule has 20 heavy (non-hydrogen) atoms. The lowest BCUT2D eigenvalue weighted by Crippen LogP contribution is -2.42. The van der Waals surface area contributed by atoms with Crippen LogP contribution < -0.4 is 10.2 Å². The van der Waals surface area contributed by atoms with Gasteiger partial charge < -0.3 is 10.4 Å². The number of nitrogens with zero attached hydrogens (tertiary/aromatic N) is 1. The molecular formula is C15H22N2O3. The van der Waals surface area contributed by atoms with Crippen molar-refractivity contribution in [1.29, 1.82) is 0 Å². The fourth-order valence-electron chi connectivity index (χ4n) is 1.73. The van der Waals surface area contributed by atoms with E-state index in [2.05, 4.69) is 5.32 Å². The van der Waals surface area contributed by atoms with Crippen molar-refractivity contribution in [2.75, 3.05) is 18.0 Å². The highest BCUT2D eigenvalue weighted by atomic mass is 16.4. The zero-order chi connectivity index (χ0) is 15.0. The van der Waals surface area contributed by atoms with Crippen molar-refractivity contribution in [3.8, 4) is 0 Å². The summed E-state index contributed by atoms with van der Waals surface area (Å²) in [5, 5.41) is 11.6. The Morgan fingerprint density at radius 3 is 2.45 bits per heavy atom. The molecule has 5 nitrogen and oxygen atoms in total. The van der Waals surface area contributed by atoms with Crippen LogP contribution in [0.15, 0.2) is 30.3 Å². The van der Waals surface area contributed by atoms with Crippen molar-refractivity contribution < 1.29 is 14.7 Å². The Morgan fingerprint density at radius 1 is 1.25 bits per heavy atom. The summed E-state index contributed by atoms with van der Waals surface area (Å²) in [4.78, 5) is 24.4. The van der Waals surface area contributed by atoms with E-state index in [1.807, 2.05) is 44.2 Å². The van der Waals surface area contributed by atoms with Gasteiger partial charge in [-0.2, -0.15) is 0 Å². The maximum absolute atomic E-state index is 12.2. The molecule has 110 valence electrons. The normalized spacial score (nSPS) is 10.3. The summed E-state index contributed by atoms with van der Waals surface area (Å²) in [6.45, 7) is 5.04. The number of benzene rings is 1. The van der Waals surface area contributed by atoms with E-state index in [4.69, 9.17) is 5.11 Å². The molecule has 0 atom stereocenters. The highest BCUT2D eigenvalue weighted by Gasteiger charge is 2.15. The van der Waals surface area contributed by atoms with E-state index in [0.717, 1.165) is 5.69 Å². The average Bonchev–Trinajstić information content (AvgIpc) is 2.41. The molecule has 0 spiro atoms. The first-order valence-corrected chi connectivity index (χ1v) is 6.83. The highest BCUT2D eigenvalue weighted by Crippen LogP contribution is 2.14. The second-order valence-electron chi connectivity index (χ2n) is 5.06. The first kappa shape index (κ1) is 16.0. The van der Waals surface area contributed by atoms with E-state index in [-0.39, 0.29) is 12.5 Å². The van der Waals surface area contributed by atoms with Crippen molar-refractivity contribution in [3.05, 3.63) is 30.3 Å². The SMILES string of the molecule is CC(C)CNC(=O)N(CCCC(=O)O)c1ccccc1. The Hall–Kier alpha value is -2.04. The summed E-state index contributed by atoms with van der Waals surface area (Å²) in [6, 6.07) is 9.09. The molecule has 0 saturated heterocycles. The molecule has 1 rings (SSSR count). The predicted molar refractivity (Wildman–Crippen MR) is 78.9 cm³/mol. The number of carbonyl (C=O) groups is 2. The number of amides is 2. The van der Waals surface area contributed by atoms with E-state index >= 15 is 0 Å². The Labute approximate surface area is 119 Å². The lowest BCUT2D eigenvalue weighted by atomic mass is 10.2. The minimum Gasteiger partial charge on any atom is -0.481 e. The van der Waals surface area contributed by atoms with E-state index in [9.17, 15) is 9.59 Å². The minimum atomic E-state index is -0.847. The average molecular weight is 278 g/mol. The molecule has 5 heteroatoms. The molecule has 1 aromatic rings. The maximum atomic E-state index is 12.2. The molecule has 1 aromatic carbocycles. The topological polar surface area (TPSA) is 69.6 Å². The Bertz CT molecular complexity index is 432. The van der Waals surface area contributed by atoms with Gasteiger partial charge in [0.15, 0.2) is 0 Å². The van der Waals surface area contributed by atoms with Gasteiger partial charge in [-0.3, -0.25) is 9.69 Å². The van der Waals surface area contributed by atoms with Gasteiger partial charge in [0.1, 0.15) is 0 Å². The maximum Gasteiger partial charge on any atom is 0.321 e. The van der Waals surface area contributed by atoms with Crippen LogP contribution in [0.2, 0.25) is 0 Å². The number of hydrogen-bond donors (Lipinski definition) is 2. The Morgan fingerprint density at radius 2 is 1.90 bits per heavy atom. The third-order valence-electron chi connectivity index (χ3n) is 2.75. The number of nitrogens with one attached hydrogen (secondary N) is 1. The summed E-state index contributed by atoms with van der Waals surface area (Å²) in [7, 11) is 0. The van der Waals surface area contributed by atoms with Crippen molar-refractivity contribution in [3.63, 3.8) is 0 Å². The smallest absolute Gasteiger partial charge is 0.321 e. The summed E-state index contributed by atoms with van der Waals surface area (Å²) in [6.07, 6.45) is 0.486. The number of carboxylic acids is 1. The summed E-state index contributed by atoms with van der Waals surface area (Å²) < 4.78 is 0. The lowest BCUT2D eigenvalue weighted by Gasteiger charge is -2.23. The van der Waals surface area contributed by atoms with Gasteiger partial charge in [0.2, 0.25) is 0 Å². The lowest BCUT2D eigenvalue weighted by molar-refractivity contribution is -0.137. The highest BCUT2D eigenvalue weighted by molar-refractivity contribution is 5.91. The number of rotatable bonds is 7. The first-order valence-electron chi connectivity index (χ1n) is 6.83. The third-order valence-corrected chi connectivity index (χ3v) is 2.75. The summed E-state index contributed by atoms with van der Waals surface area (Å²) in [5.41, 5.74) is 0.777. The van der Waals surface area contributed by atoms with Crippen LogP contribution >= 0.6 is 0 Å². The molecule has 0 heterocycles. The molecule has 0 bridgehead atoms. The van der Waals surface area contributed by atoms with E-state index < -0.39 is 5.97 Å². The molecule has 0 aliphatic heterocycles. The van der Waals surface area contributed by atoms with Crippen LogP contribution in [-0.4, -0.2) is 30.2 Å². The molecule has 0 unspecified atom stereocenters. The molecular weight excluding hydrogens is 256 g/mol. The molecule has 0 saturated carbocycles. The van der Waals surface area contributed by atoms with Crippen molar-refractivity contribution in [1.82, 2.24) is 5.32 Å². The van der Waals surface area contributed by atoms with Crippen LogP contribution in [-0.2, 0) is 4.79 Å². The number of carboxylic acid groups (broad SMARTS) is 1. The molecule has 0 aliphatic rings. The predicted octanol–water partition coefficient (Wildman–Crippen LogP) is 2.72. The van der Waals surface area contributed by atoms with Gasteiger partial charge in [-0.05, 0) is 24.5 Å². The van der Waals surface area contributed by atoms with Gasteiger partial charge in [0.25, 0.3) is 0 Å². The summed E-state index contributed by atoms with van der Waals surface area (Å²) >= 11 is 0. The van der Waals surface area contributed by atoms with Crippen LogP contribution in [0.3, 0.4) is 0 Å². The second-order valence-corrected chi connectivity index (χ2v) is 5.06. The third kappa shape index (κ3) is 5.73. The standard InChI is InChI=1S/C15H22N2O3/c1-12(2)11-16-15(20)17(10-6-9-14(18)19)13-7-4-3-5-8-13/h3-5,7-8,12H,6,9-11H2,1-2H3,(H,16,20)(H,18,19). The molecule has 2 N–H and O–H groups in total. The molecule has 0 fully saturated rings. The fraction of sp³-hybridized carbons (Fsp3) is 0.467. The number of anilines is 1. The summed E-state index contributed by atoms with van der Waals surface area (Å²) in [5.74, 6) is -0.476. The fourth-order valence-corrected chi connectivity index (χ4v) is 1.73. The number of carbonyl (C=O) groups excluding carboxylic acids is 1. The molecule has 0 radical (unpaired) electrons. The Kier molecular flexibility index (Phi) is 6.56. The van der Waals surface area contributed by atoms with Crippen molar-refractivity contribution in [2.24, 2.45) is 5.92 Å². The van der Waals surface area contributed by atoms with Crippen LogP contribution in [0.25, 0.3) is 0 Å². The van der Waals surface area contributed by atoms with Gasteiger partial charge in [0.05, 0.1) is 0 Å². The van der Waals surface area contributed by atoms with Gasteiger partial charge in [0, 0.05) is 25.2 Å².